The Kier molecular flexibility index (Phi) is 395. The predicted octanol–water partition coefficient (Wildman–Crippen LogP) is 3.80. The molecule has 0 amide bonds. The van der Waals surface area contributed by atoms with E-state index in [-0.39, 0.29) is 42.1 Å². The standard InChI is InChI=1S/C2H4O3.C2H4O2.CH2O.CH2S.4CH4.ClH/c1-5-2(3)4;1-2(3)4;2*1-2;;;;;/h1H3,(H,3,4);1H3,(H,3,4);2*1H2;4*1H4;1H. The number of aliphatic carboxylic acids is 1. The summed E-state index contributed by atoms with van der Waals surface area (Å²) in [4.78, 5) is 26.1. The van der Waals surface area contributed by atoms with E-state index in [1.54, 1.807) is 0 Å². The number of rotatable bonds is 0. The van der Waals surface area contributed by atoms with Crippen molar-refractivity contribution < 1.29 is 29.3 Å². The van der Waals surface area contributed by atoms with Gasteiger partial charge >= 0.3 is 6.16 Å². The summed E-state index contributed by atoms with van der Waals surface area (Å²) in [5, 5.41) is 14.9. The van der Waals surface area contributed by atoms with Crippen molar-refractivity contribution >= 4 is 49.4 Å². The van der Waals surface area contributed by atoms with E-state index in [2.05, 4.69) is 22.8 Å². The summed E-state index contributed by atoms with van der Waals surface area (Å²) >= 11 is 3.83. The summed E-state index contributed by atoms with van der Waals surface area (Å²) in [7, 11) is 1.10. The van der Waals surface area contributed by atoms with Crippen LogP contribution in [0, 0.1) is 0 Å². The molecule has 0 rings (SSSR count). The highest BCUT2D eigenvalue weighted by Gasteiger charge is 1.80. The van der Waals surface area contributed by atoms with E-state index in [0.717, 1.165) is 14.0 Å². The maximum Gasteiger partial charge on any atom is 0.505 e. The number of carboxylic acid groups (broad SMARTS) is 2. The van der Waals surface area contributed by atoms with Gasteiger partial charge in [0.15, 0.2) is 0 Å². The minimum Gasteiger partial charge on any atom is -0.481 e. The largest absolute Gasteiger partial charge is 0.505 e. The van der Waals surface area contributed by atoms with E-state index in [1.807, 2.05) is 6.79 Å². The third-order valence-corrected chi connectivity index (χ3v) is 0.175. The minimum absolute atomic E-state index is 0. The second kappa shape index (κ2) is 103. The molecule has 0 aliphatic heterocycles. The van der Waals surface area contributed by atoms with Gasteiger partial charge in [0.2, 0.25) is 0 Å². The van der Waals surface area contributed by atoms with Crippen molar-refractivity contribution in [2.45, 2.75) is 36.6 Å². The summed E-state index contributed by atoms with van der Waals surface area (Å²) < 4.78 is 3.67. The first-order chi connectivity index (χ1) is 6.00. The lowest BCUT2D eigenvalue weighted by Gasteiger charge is -1.79. The number of methoxy groups -OCH3 is 1. The zero-order valence-electron chi connectivity index (χ0n) is 7.76. The van der Waals surface area contributed by atoms with Gasteiger partial charge in [0.05, 0.1) is 7.11 Å². The van der Waals surface area contributed by atoms with Crippen molar-refractivity contribution in [1.82, 2.24) is 0 Å². The first kappa shape index (κ1) is 69.0. The number of carbonyl (C=O) groups is 3. The van der Waals surface area contributed by atoms with Crippen molar-refractivity contribution in [1.29, 1.82) is 0 Å². The normalized spacial score (nSPS) is 3.67. The molecule has 0 aliphatic carbocycles. The molecule has 0 aliphatic rings. The van der Waals surface area contributed by atoms with Crippen LogP contribution >= 0.6 is 24.6 Å². The summed E-state index contributed by atoms with van der Waals surface area (Å²) in [6, 6.07) is 0. The summed E-state index contributed by atoms with van der Waals surface area (Å²) in [5.74, 6) is 2.00. The maximum absolute atomic E-state index is 9.15. The number of hydrogen-bond donors (Lipinski definition) is 2. The van der Waals surface area contributed by atoms with Crippen LogP contribution < -0.4 is 0 Å². The van der Waals surface area contributed by atoms with E-state index in [9.17, 15) is 0 Å². The minimum atomic E-state index is -1.25. The Morgan fingerprint density at radius 1 is 1.00 bits per heavy atom. The fourth-order valence-corrected chi connectivity index (χ4v) is 0. The van der Waals surface area contributed by atoms with Crippen LogP contribution in [0.25, 0.3) is 0 Å². The average Bonchev–Trinajstić information content (AvgIpc) is 2.10. The van der Waals surface area contributed by atoms with Gasteiger partial charge in [-0.15, -0.1) is 12.4 Å². The zero-order chi connectivity index (χ0) is 11.9. The summed E-state index contributed by atoms with van der Waals surface area (Å²) in [6.45, 7) is 3.08. The molecule has 0 aromatic rings. The SMILES string of the molecule is C.C.C.C.C=O.C=S.CC(=O)O.COC(=O)O.Cl. The van der Waals surface area contributed by atoms with E-state index in [1.165, 1.54) is 0 Å². The molecule has 18 heavy (non-hydrogen) atoms. The third-order valence-electron chi connectivity index (χ3n) is 0.175. The van der Waals surface area contributed by atoms with Gasteiger partial charge in [0, 0.05) is 6.92 Å². The smallest absolute Gasteiger partial charge is 0.481 e. The van der Waals surface area contributed by atoms with Gasteiger partial charge in [-0.3, -0.25) is 4.79 Å². The van der Waals surface area contributed by atoms with E-state index in [4.69, 9.17) is 24.6 Å². The molecule has 118 valence electrons. The molecule has 0 fully saturated rings. The molecular formula is C10H29ClO6S. The fourth-order valence-electron chi connectivity index (χ4n) is 0. The Morgan fingerprint density at radius 2 is 1.06 bits per heavy atom. The number of ether oxygens (including phenoxy) is 1. The summed E-state index contributed by atoms with van der Waals surface area (Å²) in [5.41, 5.74) is 0. The number of hydrogen-bond acceptors (Lipinski definition) is 5. The van der Waals surface area contributed by atoms with Crippen LogP contribution in [0.2, 0.25) is 0 Å². The van der Waals surface area contributed by atoms with E-state index < -0.39 is 12.1 Å². The van der Waals surface area contributed by atoms with Crippen LogP contribution in [0.4, 0.5) is 4.79 Å². The molecule has 0 saturated carbocycles. The lowest BCUT2D eigenvalue weighted by Crippen LogP contribution is -1.91. The highest BCUT2D eigenvalue weighted by Crippen LogP contribution is 1.60. The predicted molar refractivity (Wildman–Crippen MR) is 84.3 cm³/mol. The molecule has 0 atom stereocenters. The molecule has 2 N–H and O–H groups in total. The first-order valence-electron chi connectivity index (χ1n) is 2.55. The zero-order valence-corrected chi connectivity index (χ0v) is 9.39. The maximum atomic E-state index is 9.15. The van der Waals surface area contributed by atoms with E-state index >= 15 is 0 Å². The van der Waals surface area contributed by atoms with Crippen LogP contribution in [0.5, 0.6) is 0 Å². The number of carbonyl (C=O) groups excluding carboxylic acids is 1. The monoisotopic (exact) mass is 312 g/mol. The Balaban J connectivity index is -0.00000000832. The molecule has 8 heteroatoms. The van der Waals surface area contributed by atoms with Gasteiger partial charge in [0.1, 0.15) is 6.79 Å². The van der Waals surface area contributed by atoms with Crippen LogP contribution in [0.1, 0.15) is 36.6 Å². The van der Waals surface area contributed by atoms with Crippen LogP contribution in [0.15, 0.2) is 0 Å². The first-order valence-corrected chi connectivity index (χ1v) is 3.12. The molecular weight excluding hydrogens is 284 g/mol. The van der Waals surface area contributed by atoms with Gasteiger partial charge in [0.25, 0.3) is 5.97 Å². The second-order valence-electron chi connectivity index (χ2n) is 0.989. The van der Waals surface area contributed by atoms with Crippen molar-refractivity contribution in [3.8, 4) is 0 Å². The van der Waals surface area contributed by atoms with Gasteiger partial charge < -0.3 is 19.7 Å². The highest BCUT2D eigenvalue weighted by atomic mass is 35.5. The van der Waals surface area contributed by atoms with Crippen molar-refractivity contribution in [2.24, 2.45) is 0 Å². The molecule has 0 bridgehead atoms. The fraction of sp³-hybridized carbons (Fsp3) is 0.600. The van der Waals surface area contributed by atoms with Crippen molar-refractivity contribution in [3.63, 3.8) is 0 Å². The van der Waals surface area contributed by atoms with Gasteiger partial charge in [-0.2, -0.15) is 0 Å². The third kappa shape index (κ3) is 4510. The Hall–Kier alpha value is -1.21. The number of thiocarbonyl (C=S) groups is 1. The quantitative estimate of drug-likeness (QED) is 0.518. The lowest BCUT2D eigenvalue weighted by atomic mass is 10.9. The Bertz CT molecular complexity index is 130. The van der Waals surface area contributed by atoms with Gasteiger partial charge in [-0.1, -0.05) is 41.9 Å². The second-order valence-corrected chi connectivity index (χ2v) is 0.989. The molecule has 0 radical (unpaired) electrons. The van der Waals surface area contributed by atoms with Crippen LogP contribution in [-0.2, 0) is 14.3 Å². The van der Waals surface area contributed by atoms with Gasteiger partial charge in [-0.05, 0) is 5.87 Å². The highest BCUT2D eigenvalue weighted by molar-refractivity contribution is 7.77. The topological polar surface area (TPSA) is 101 Å². The molecule has 0 heterocycles. The molecule has 0 spiro atoms. The van der Waals surface area contributed by atoms with Crippen LogP contribution in [0.3, 0.4) is 0 Å². The van der Waals surface area contributed by atoms with Crippen LogP contribution in [-0.4, -0.2) is 42.1 Å². The Labute approximate surface area is 123 Å². The Morgan fingerprint density at radius 3 is 1.06 bits per heavy atom. The molecule has 0 aromatic heterocycles. The molecule has 6 nitrogen and oxygen atoms in total. The average molecular weight is 313 g/mol. The van der Waals surface area contributed by atoms with E-state index in [0.29, 0.717) is 0 Å². The summed E-state index contributed by atoms with van der Waals surface area (Å²) in [6.07, 6.45) is -1.25. The lowest BCUT2D eigenvalue weighted by molar-refractivity contribution is -0.134. The van der Waals surface area contributed by atoms with Crippen molar-refractivity contribution in [2.75, 3.05) is 7.11 Å². The van der Waals surface area contributed by atoms with Crippen molar-refractivity contribution in [3.05, 3.63) is 0 Å². The molecule has 0 saturated heterocycles. The van der Waals surface area contributed by atoms with Gasteiger partial charge in [-0.25, -0.2) is 4.79 Å². The molecule has 0 aromatic carbocycles. The molecule has 0 unspecified atom stereocenters. The number of halogens is 1. The number of carboxylic acids is 1.